The van der Waals surface area contributed by atoms with E-state index in [2.05, 4.69) is 15.5 Å². The number of nitrogens with one attached hydrogen (secondary N) is 2. The highest BCUT2D eigenvalue weighted by Gasteiger charge is 2.38. The van der Waals surface area contributed by atoms with Crippen molar-refractivity contribution in [1.29, 1.82) is 0 Å². The molecule has 2 aliphatic heterocycles. The molecule has 2 heterocycles. The van der Waals surface area contributed by atoms with Gasteiger partial charge in [-0.2, -0.15) is 13.2 Å². The maximum atomic E-state index is 13.7. The smallest absolute Gasteiger partial charge is 0.345 e. The van der Waals surface area contributed by atoms with Gasteiger partial charge in [0.15, 0.2) is 0 Å². The first-order valence-electron chi connectivity index (χ1n) is 9.95. The number of carbonyl (C=O) groups excluding carboxylic acids is 2. The summed E-state index contributed by atoms with van der Waals surface area (Å²) in [7, 11) is 2.00. The van der Waals surface area contributed by atoms with Gasteiger partial charge in [0, 0.05) is 28.9 Å². The van der Waals surface area contributed by atoms with Gasteiger partial charge < -0.3 is 15.5 Å². The lowest BCUT2D eigenvalue weighted by Gasteiger charge is -2.34. The molecule has 5 nitrogen and oxygen atoms in total. The molecule has 0 spiro atoms. The van der Waals surface area contributed by atoms with Crippen molar-refractivity contribution >= 4 is 17.5 Å². The summed E-state index contributed by atoms with van der Waals surface area (Å²) in [5, 5.41) is 5.56. The zero-order valence-corrected chi connectivity index (χ0v) is 16.7. The van der Waals surface area contributed by atoms with Crippen LogP contribution in [0, 0.1) is 11.7 Å². The van der Waals surface area contributed by atoms with Gasteiger partial charge in [0.05, 0.1) is 11.6 Å². The Balaban J connectivity index is 1.66. The highest BCUT2D eigenvalue weighted by molar-refractivity contribution is 6.07. The van der Waals surface area contributed by atoms with Crippen LogP contribution in [0.2, 0.25) is 0 Å². The van der Waals surface area contributed by atoms with E-state index in [1.165, 1.54) is 0 Å². The topological polar surface area (TPSA) is 61.4 Å². The lowest BCUT2D eigenvalue weighted by Crippen LogP contribution is -2.38. The van der Waals surface area contributed by atoms with E-state index in [0.29, 0.717) is 28.9 Å². The Labute approximate surface area is 176 Å². The number of halogens is 4. The molecule has 2 aliphatic rings. The maximum Gasteiger partial charge on any atom is 0.416 e. The number of fused-ring (bicyclic) bond motifs is 1. The molecule has 2 aromatic rings. The Hall–Kier alpha value is -2.94. The highest BCUT2D eigenvalue weighted by atomic mass is 19.4. The van der Waals surface area contributed by atoms with Crippen molar-refractivity contribution in [2.24, 2.45) is 5.92 Å². The molecule has 2 atom stereocenters. The molecule has 2 N–H and O–H groups in total. The first kappa shape index (κ1) is 21.3. The van der Waals surface area contributed by atoms with Crippen LogP contribution in [0.15, 0.2) is 36.4 Å². The average molecular weight is 435 g/mol. The van der Waals surface area contributed by atoms with Crippen LogP contribution in [0.1, 0.15) is 50.7 Å². The zero-order valence-electron chi connectivity index (χ0n) is 16.7. The Kier molecular flexibility index (Phi) is 5.47. The third-order valence-electron chi connectivity index (χ3n) is 5.82. The van der Waals surface area contributed by atoms with Gasteiger partial charge in [-0.1, -0.05) is 6.07 Å². The normalized spacial score (nSPS) is 21.5. The summed E-state index contributed by atoms with van der Waals surface area (Å²) in [6, 6.07) is 6.23. The SMILES string of the molecule is CN1CCCC(C2NC(=O)c3cccc(NC(=O)c4cc(F)cc(C(F)(F)F)c4)c32)C1. The lowest BCUT2D eigenvalue weighted by molar-refractivity contribution is -0.137. The first-order valence-corrected chi connectivity index (χ1v) is 9.95. The molecule has 0 aliphatic carbocycles. The van der Waals surface area contributed by atoms with Crippen LogP contribution in [0.3, 0.4) is 0 Å². The van der Waals surface area contributed by atoms with Crippen molar-refractivity contribution in [2.45, 2.75) is 25.1 Å². The average Bonchev–Trinajstić information content (AvgIpc) is 3.05. The zero-order chi connectivity index (χ0) is 22.3. The van der Waals surface area contributed by atoms with Crippen molar-refractivity contribution in [1.82, 2.24) is 10.2 Å². The van der Waals surface area contributed by atoms with Crippen molar-refractivity contribution < 1.29 is 27.2 Å². The van der Waals surface area contributed by atoms with Crippen LogP contribution in [0.4, 0.5) is 23.2 Å². The van der Waals surface area contributed by atoms with Gasteiger partial charge in [-0.3, -0.25) is 9.59 Å². The van der Waals surface area contributed by atoms with Crippen LogP contribution < -0.4 is 10.6 Å². The van der Waals surface area contributed by atoms with Crippen molar-refractivity contribution in [3.63, 3.8) is 0 Å². The quantitative estimate of drug-likeness (QED) is 0.710. The number of rotatable bonds is 3. The first-order chi connectivity index (χ1) is 14.6. The van der Waals surface area contributed by atoms with Crippen LogP contribution in [-0.2, 0) is 6.18 Å². The molecule has 1 saturated heterocycles. The van der Waals surface area contributed by atoms with Crippen LogP contribution in [0.25, 0.3) is 0 Å². The van der Waals surface area contributed by atoms with Gasteiger partial charge >= 0.3 is 6.18 Å². The van der Waals surface area contributed by atoms with Gasteiger partial charge in [0.2, 0.25) is 0 Å². The number of nitrogens with zero attached hydrogens (tertiary/aromatic N) is 1. The summed E-state index contributed by atoms with van der Waals surface area (Å²) in [5.74, 6) is -2.15. The van der Waals surface area contributed by atoms with E-state index in [1.54, 1.807) is 18.2 Å². The summed E-state index contributed by atoms with van der Waals surface area (Å²) in [6.07, 6.45) is -2.91. The largest absolute Gasteiger partial charge is 0.416 e. The summed E-state index contributed by atoms with van der Waals surface area (Å²) >= 11 is 0. The van der Waals surface area contributed by atoms with Gasteiger partial charge in [0.1, 0.15) is 5.82 Å². The van der Waals surface area contributed by atoms with E-state index in [4.69, 9.17) is 0 Å². The standard InChI is InChI=1S/C22H21F4N3O2/c1-29-7-3-4-12(11-29)19-18-16(21(31)28-19)5-2-6-17(18)27-20(30)13-8-14(22(24,25)26)10-15(23)9-13/h2,5-6,8-10,12,19H,3-4,7,11H2,1H3,(H,27,30)(H,28,31). The molecule has 9 heteroatoms. The monoisotopic (exact) mass is 435 g/mol. The number of alkyl halides is 3. The molecule has 0 aromatic heterocycles. The van der Waals surface area contributed by atoms with Crippen molar-refractivity contribution in [3.8, 4) is 0 Å². The van der Waals surface area contributed by atoms with Crippen molar-refractivity contribution in [3.05, 3.63) is 64.5 Å². The molecule has 31 heavy (non-hydrogen) atoms. The molecule has 0 saturated carbocycles. The molecule has 164 valence electrons. The fraction of sp³-hybridized carbons (Fsp3) is 0.364. The lowest BCUT2D eigenvalue weighted by atomic mass is 9.86. The van der Waals surface area contributed by atoms with E-state index in [1.807, 2.05) is 7.05 Å². The Bertz CT molecular complexity index is 1040. The Morgan fingerprint density at radius 2 is 2.00 bits per heavy atom. The highest BCUT2D eigenvalue weighted by Crippen LogP contribution is 2.40. The number of anilines is 1. The van der Waals surface area contributed by atoms with E-state index in [9.17, 15) is 27.2 Å². The second kappa shape index (κ2) is 7.96. The van der Waals surface area contributed by atoms with Crippen LogP contribution >= 0.6 is 0 Å². The predicted molar refractivity (Wildman–Crippen MR) is 106 cm³/mol. The second-order valence-electron chi connectivity index (χ2n) is 8.06. The number of carbonyl (C=O) groups is 2. The fourth-order valence-electron chi connectivity index (χ4n) is 4.41. The summed E-state index contributed by atoms with van der Waals surface area (Å²) in [4.78, 5) is 27.4. The molecule has 2 unspecified atom stereocenters. The summed E-state index contributed by atoms with van der Waals surface area (Å²) in [5.41, 5.74) is -0.316. The van der Waals surface area contributed by atoms with E-state index >= 15 is 0 Å². The number of hydrogen-bond acceptors (Lipinski definition) is 3. The minimum absolute atomic E-state index is 0.132. The molecule has 0 bridgehead atoms. The van der Waals surface area contributed by atoms with E-state index in [0.717, 1.165) is 32.0 Å². The maximum absolute atomic E-state index is 13.7. The molecule has 2 amide bonds. The Morgan fingerprint density at radius 3 is 2.71 bits per heavy atom. The van der Waals surface area contributed by atoms with Crippen LogP contribution in [-0.4, -0.2) is 36.9 Å². The molecular weight excluding hydrogens is 414 g/mol. The van der Waals surface area contributed by atoms with Gasteiger partial charge in [0.25, 0.3) is 11.8 Å². The number of likely N-dealkylation sites (tertiary alicyclic amines) is 1. The number of amides is 2. The second-order valence-corrected chi connectivity index (χ2v) is 8.06. The van der Waals surface area contributed by atoms with Gasteiger partial charge in [-0.25, -0.2) is 4.39 Å². The minimum Gasteiger partial charge on any atom is -0.345 e. The molecule has 0 radical (unpaired) electrons. The number of hydrogen-bond donors (Lipinski definition) is 2. The van der Waals surface area contributed by atoms with E-state index < -0.39 is 29.0 Å². The Morgan fingerprint density at radius 1 is 1.23 bits per heavy atom. The number of benzene rings is 2. The van der Waals surface area contributed by atoms with Gasteiger partial charge in [-0.15, -0.1) is 0 Å². The minimum atomic E-state index is -4.78. The fourth-order valence-corrected chi connectivity index (χ4v) is 4.41. The third-order valence-corrected chi connectivity index (χ3v) is 5.82. The predicted octanol–water partition coefficient (Wildman–Crippen LogP) is 4.22. The van der Waals surface area contributed by atoms with Gasteiger partial charge in [-0.05, 0) is 62.7 Å². The van der Waals surface area contributed by atoms with E-state index in [-0.39, 0.29) is 17.9 Å². The molecule has 2 aromatic carbocycles. The summed E-state index contributed by atoms with van der Waals surface area (Å²) in [6.45, 7) is 1.73. The molecule has 1 fully saturated rings. The van der Waals surface area contributed by atoms with Crippen LogP contribution in [0.5, 0.6) is 0 Å². The molecule has 4 rings (SSSR count). The van der Waals surface area contributed by atoms with Crippen molar-refractivity contribution in [2.75, 3.05) is 25.5 Å². The number of piperidine rings is 1. The molecular formula is C22H21F4N3O2. The summed E-state index contributed by atoms with van der Waals surface area (Å²) < 4.78 is 52.7. The third kappa shape index (κ3) is 4.27.